The van der Waals surface area contributed by atoms with E-state index in [0.29, 0.717) is 22.5 Å². The molecule has 0 aliphatic heterocycles. The van der Waals surface area contributed by atoms with Crippen LogP contribution in [0, 0.1) is 12.8 Å². The molecule has 0 heterocycles. The van der Waals surface area contributed by atoms with E-state index in [1.165, 1.54) is 4.90 Å². The van der Waals surface area contributed by atoms with Crippen LogP contribution >= 0.6 is 11.6 Å². The van der Waals surface area contributed by atoms with E-state index >= 15 is 0 Å². The van der Waals surface area contributed by atoms with Gasteiger partial charge in [-0.3, -0.25) is 13.9 Å². The molecule has 38 heavy (non-hydrogen) atoms. The number of benzene rings is 2. The van der Waals surface area contributed by atoms with E-state index in [4.69, 9.17) is 11.6 Å². The number of hydrogen-bond acceptors (Lipinski definition) is 4. The summed E-state index contributed by atoms with van der Waals surface area (Å²) in [6.07, 6.45) is -3.81. The second-order valence-electron chi connectivity index (χ2n) is 9.50. The molecule has 0 aliphatic carbocycles. The lowest BCUT2D eigenvalue weighted by atomic mass is 10.1. The number of rotatable bonds is 11. The van der Waals surface area contributed by atoms with E-state index in [9.17, 15) is 31.2 Å². The summed E-state index contributed by atoms with van der Waals surface area (Å²) < 4.78 is 66.2. The molecule has 2 aromatic rings. The smallest absolute Gasteiger partial charge is 0.354 e. The highest BCUT2D eigenvalue weighted by atomic mass is 35.5. The third-order valence-electron chi connectivity index (χ3n) is 5.77. The largest absolute Gasteiger partial charge is 0.417 e. The number of hydrogen-bond donors (Lipinski definition) is 1. The van der Waals surface area contributed by atoms with Crippen LogP contribution < -0.4 is 9.62 Å². The van der Waals surface area contributed by atoms with Crippen LogP contribution in [0.15, 0.2) is 42.5 Å². The first-order chi connectivity index (χ1) is 17.5. The molecule has 7 nitrogen and oxygen atoms in total. The lowest BCUT2D eigenvalue weighted by Gasteiger charge is -2.33. The summed E-state index contributed by atoms with van der Waals surface area (Å²) in [5, 5.41) is 2.20. The van der Waals surface area contributed by atoms with Crippen molar-refractivity contribution in [3.05, 3.63) is 64.2 Å². The van der Waals surface area contributed by atoms with Crippen LogP contribution in [0.5, 0.6) is 0 Å². The molecular weight excluding hydrogens is 543 g/mol. The molecule has 210 valence electrons. The Kier molecular flexibility index (Phi) is 10.6. The standard InChI is InChI=1S/C26H33ClF3N3O4S/c1-6-23(25(35)31-14-17(2)3)32(15-19-9-7-18(4)8-10-19)24(34)16-33(38(5,36)37)20-11-12-22(27)21(13-20)26(28,29)30/h7-13,17,23H,6,14-16H2,1-5H3,(H,31,35). The average molecular weight is 576 g/mol. The van der Waals surface area contributed by atoms with Gasteiger partial charge in [0.1, 0.15) is 12.6 Å². The topological polar surface area (TPSA) is 86.8 Å². The number of aryl methyl sites for hydroxylation is 1. The first-order valence-corrected chi connectivity index (χ1v) is 14.2. The van der Waals surface area contributed by atoms with E-state index in [0.717, 1.165) is 24.0 Å². The summed E-state index contributed by atoms with van der Waals surface area (Å²) in [5.41, 5.74) is 0.0922. The van der Waals surface area contributed by atoms with Crippen LogP contribution in [0.2, 0.25) is 5.02 Å². The highest BCUT2D eigenvalue weighted by Crippen LogP contribution is 2.37. The summed E-state index contributed by atoms with van der Waals surface area (Å²) in [7, 11) is -4.20. The molecule has 2 amide bonds. The molecule has 0 aliphatic rings. The molecule has 0 radical (unpaired) electrons. The highest BCUT2D eigenvalue weighted by molar-refractivity contribution is 7.92. The van der Waals surface area contributed by atoms with Gasteiger partial charge in [0, 0.05) is 13.1 Å². The molecule has 0 aromatic heterocycles. The van der Waals surface area contributed by atoms with Gasteiger partial charge in [-0.1, -0.05) is 62.2 Å². The summed E-state index contributed by atoms with van der Waals surface area (Å²) in [4.78, 5) is 27.9. The minimum absolute atomic E-state index is 0.00125. The van der Waals surface area contributed by atoms with Crippen LogP contribution in [-0.4, -0.2) is 50.5 Å². The Morgan fingerprint density at radius 1 is 1.08 bits per heavy atom. The molecule has 1 unspecified atom stereocenters. The van der Waals surface area contributed by atoms with E-state index < -0.39 is 51.2 Å². The monoisotopic (exact) mass is 575 g/mol. The van der Waals surface area contributed by atoms with Crippen molar-refractivity contribution in [2.75, 3.05) is 23.7 Å². The van der Waals surface area contributed by atoms with E-state index in [-0.39, 0.29) is 24.6 Å². The molecule has 0 spiro atoms. The van der Waals surface area contributed by atoms with Gasteiger partial charge in [-0.05, 0) is 43.0 Å². The van der Waals surface area contributed by atoms with E-state index in [2.05, 4.69) is 5.32 Å². The summed E-state index contributed by atoms with van der Waals surface area (Å²) in [5.74, 6) is -0.990. The molecule has 0 saturated heterocycles. The zero-order chi connectivity index (χ0) is 28.8. The normalized spacial score (nSPS) is 12.8. The summed E-state index contributed by atoms with van der Waals surface area (Å²) >= 11 is 5.70. The van der Waals surface area contributed by atoms with E-state index in [1.54, 1.807) is 19.1 Å². The van der Waals surface area contributed by atoms with Gasteiger partial charge in [-0.2, -0.15) is 13.2 Å². The fraction of sp³-hybridized carbons (Fsp3) is 0.462. The van der Waals surface area contributed by atoms with Crippen LogP contribution in [-0.2, 0) is 32.3 Å². The Hall–Kier alpha value is -2.79. The van der Waals surface area contributed by atoms with Gasteiger partial charge in [-0.25, -0.2) is 8.42 Å². The van der Waals surface area contributed by atoms with Crippen molar-refractivity contribution in [1.82, 2.24) is 10.2 Å². The second-order valence-corrected chi connectivity index (χ2v) is 11.8. The summed E-state index contributed by atoms with van der Waals surface area (Å²) in [6.45, 7) is 7.02. The van der Waals surface area contributed by atoms with Gasteiger partial charge in [0.15, 0.2) is 0 Å². The van der Waals surface area contributed by atoms with Gasteiger partial charge >= 0.3 is 6.18 Å². The predicted octanol–water partition coefficient (Wildman–Crippen LogP) is 5.01. The Bertz CT molecular complexity index is 1240. The van der Waals surface area contributed by atoms with Gasteiger partial charge in [-0.15, -0.1) is 0 Å². The molecule has 1 N–H and O–H groups in total. The SMILES string of the molecule is CCC(C(=O)NCC(C)C)N(Cc1ccc(C)cc1)C(=O)CN(c1ccc(Cl)c(C(F)(F)F)c1)S(C)(=O)=O. The minimum Gasteiger partial charge on any atom is -0.354 e. The molecule has 0 fully saturated rings. The fourth-order valence-corrected chi connectivity index (χ4v) is 4.80. The van der Waals surface area contributed by atoms with Crippen molar-refractivity contribution in [1.29, 1.82) is 0 Å². The van der Waals surface area contributed by atoms with Crippen LogP contribution in [0.1, 0.15) is 43.9 Å². The van der Waals surface area contributed by atoms with Crippen LogP contribution in [0.25, 0.3) is 0 Å². The minimum atomic E-state index is -4.83. The van der Waals surface area contributed by atoms with Crippen molar-refractivity contribution in [2.45, 2.75) is 52.9 Å². The number of nitrogens with zero attached hydrogens (tertiary/aromatic N) is 2. The third-order valence-corrected chi connectivity index (χ3v) is 7.24. The maximum absolute atomic E-state index is 13.6. The predicted molar refractivity (Wildman–Crippen MR) is 142 cm³/mol. The number of anilines is 1. The Morgan fingerprint density at radius 3 is 2.18 bits per heavy atom. The number of nitrogens with one attached hydrogen (secondary N) is 1. The van der Waals surface area contributed by atoms with E-state index in [1.807, 2.05) is 32.9 Å². The molecule has 0 bridgehead atoms. The average Bonchev–Trinajstić information content (AvgIpc) is 2.81. The number of alkyl halides is 3. The second kappa shape index (κ2) is 12.8. The Labute approximate surface area is 227 Å². The number of amides is 2. The van der Waals surface area contributed by atoms with Gasteiger partial charge in [0.05, 0.1) is 22.5 Å². The maximum atomic E-state index is 13.6. The molecular formula is C26H33ClF3N3O4S. The molecule has 1 atom stereocenters. The van der Waals surface area contributed by atoms with Crippen molar-refractivity contribution >= 4 is 39.1 Å². The molecule has 12 heteroatoms. The van der Waals surface area contributed by atoms with Crippen molar-refractivity contribution in [3.8, 4) is 0 Å². The van der Waals surface area contributed by atoms with Crippen molar-refractivity contribution in [2.24, 2.45) is 5.92 Å². The lowest BCUT2D eigenvalue weighted by Crippen LogP contribution is -2.52. The zero-order valence-corrected chi connectivity index (χ0v) is 23.5. The lowest BCUT2D eigenvalue weighted by molar-refractivity contribution is -0.140. The van der Waals surface area contributed by atoms with Crippen molar-refractivity contribution < 1.29 is 31.2 Å². The first kappa shape index (κ1) is 31.4. The number of sulfonamides is 1. The summed E-state index contributed by atoms with van der Waals surface area (Å²) in [6, 6.07) is 8.95. The van der Waals surface area contributed by atoms with Crippen molar-refractivity contribution in [3.63, 3.8) is 0 Å². The first-order valence-electron chi connectivity index (χ1n) is 12.0. The quantitative estimate of drug-likeness (QED) is 0.408. The van der Waals surface area contributed by atoms with Crippen LogP contribution in [0.4, 0.5) is 18.9 Å². The van der Waals surface area contributed by atoms with Crippen LogP contribution in [0.3, 0.4) is 0 Å². The Morgan fingerprint density at radius 2 is 1.68 bits per heavy atom. The molecule has 2 aromatic carbocycles. The number of carbonyl (C=O) groups excluding carboxylic acids is 2. The highest BCUT2D eigenvalue weighted by Gasteiger charge is 2.36. The third kappa shape index (κ3) is 8.62. The fourth-order valence-electron chi connectivity index (χ4n) is 3.73. The Balaban J connectivity index is 2.50. The molecule has 0 saturated carbocycles. The van der Waals surface area contributed by atoms with Gasteiger partial charge in [0.2, 0.25) is 21.8 Å². The number of halogens is 4. The van der Waals surface area contributed by atoms with Gasteiger partial charge in [0.25, 0.3) is 0 Å². The van der Waals surface area contributed by atoms with Gasteiger partial charge < -0.3 is 10.2 Å². The molecule has 2 rings (SSSR count). The zero-order valence-electron chi connectivity index (χ0n) is 22.0. The maximum Gasteiger partial charge on any atom is 0.417 e. The number of carbonyl (C=O) groups is 2.